The van der Waals surface area contributed by atoms with Crippen molar-refractivity contribution >= 4 is 22.0 Å². The summed E-state index contributed by atoms with van der Waals surface area (Å²) in [6.07, 6.45) is 2.32. The van der Waals surface area contributed by atoms with E-state index in [1.165, 1.54) is 19.2 Å². The third-order valence-electron chi connectivity index (χ3n) is 4.32. The lowest BCUT2D eigenvalue weighted by Crippen LogP contribution is -2.43. The monoisotopic (exact) mass is 355 g/mol. The molecule has 1 fully saturated rings. The number of methoxy groups -OCH3 is 1. The van der Waals surface area contributed by atoms with Crippen molar-refractivity contribution in [1.29, 1.82) is 0 Å². The van der Waals surface area contributed by atoms with E-state index in [1.54, 1.807) is 18.2 Å². The van der Waals surface area contributed by atoms with Gasteiger partial charge in [-0.3, -0.25) is 9.59 Å². The van der Waals surface area contributed by atoms with Gasteiger partial charge in [0.25, 0.3) is 0 Å². The normalized spacial score (nSPS) is 18.0. The van der Waals surface area contributed by atoms with Crippen molar-refractivity contribution in [3.05, 3.63) is 35.9 Å². The van der Waals surface area contributed by atoms with E-state index in [0.29, 0.717) is 18.4 Å². The number of carbonyl (C=O) groups excluding carboxylic acids is 1. The fourth-order valence-corrected chi connectivity index (χ4v) is 4.98. The van der Waals surface area contributed by atoms with Gasteiger partial charge in [0.05, 0.1) is 18.3 Å². The lowest BCUT2D eigenvalue weighted by atomic mass is 9.89. The van der Waals surface area contributed by atoms with Gasteiger partial charge in [-0.15, -0.1) is 0 Å². The average Bonchev–Trinajstić information content (AvgIpc) is 3.01. The van der Waals surface area contributed by atoms with Crippen LogP contribution in [0.1, 0.15) is 37.3 Å². The second-order valence-electron chi connectivity index (χ2n) is 6.04. The number of nitrogens with one attached hydrogen (secondary N) is 1. The van der Waals surface area contributed by atoms with Crippen molar-refractivity contribution in [2.45, 2.75) is 31.7 Å². The molecule has 1 aliphatic carbocycles. The highest BCUT2D eigenvalue weighted by Crippen LogP contribution is 2.40. The van der Waals surface area contributed by atoms with Crippen molar-refractivity contribution in [2.75, 3.05) is 12.9 Å². The van der Waals surface area contributed by atoms with Crippen molar-refractivity contribution in [2.24, 2.45) is 5.41 Å². The molecule has 0 spiro atoms. The summed E-state index contributed by atoms with van der Waals surface area (Å²) in [7, 11) is -2.77. The van der Waals surface area contributed by atoms with Crippen LogP contribution in [-0.4, -0.2) is 38.3 Å². The highest BCUT2D eigenvalue weighted by Gasteiger charge is 2.46. The molecule has 1 saturated carbocycles. The molecule has 2 rings (SSSR count). The van der Waals surface area contributed by atoms with Crippen LogP contribution < -0.4 is 4.72 Å². The fraction of sp³-hybridized carbons (Fsp3) is 0.500. The molecule has 7 nitrogen and oxygen atoms in total. The Balaban J connectivity index is 2.23. The van der Waals surface area contributed by atoms with Gasteiger partial charge in [-0.2, -0.15) is 4.72 Å². The molecule has 2 N–H and O–H groups in total. The fourth-order valence-electron chi connectivity index (χ4n) is 3.17. The van der Waals surface area contributed by atoms with Crippen molar-refractivity contribution in [3.8, 4) is 0 Å². The Kier molecular flexibility index (Phi) is 5.61. The molecule has 1 aromatic rings. The molecular formula is C16H21NO6S. The zero-order valence-corrected chi connectivity index (χ0v) is 14.2. The molecule has 0 aliphatic heterocycles. The SMILES string of the molecule is COC(=O)C1(CS(=O)(=O)N[C@@H](C(=O)O)c2ccccc2)CCCC1. The molecule has 0 saturated heterocycles. The average molecular weight is 355 g/mol. The van der Waals surface area contributed by atoms with Crippen molar-refractivity contribution < 1.29 is 27.9 Å². The van der Waals surface area contributed by atoms with E-state index in [1.807, 2.05) is 0 Å². The quantitative estimate of drug-likeness (QED) is 0.717. The number of benzene rings is 1. The van der Waals surface area contributed by atoms with E-state index in [9.17, 15) is 23.1 Å². The minimum Gasteiger partial charge on any atom is -0.480 e. The molecule has 0 bridgehead atoms. The predicted octanol–water partition coefficient (Wildman–Crippen LogP) is 1.47. The lowest BCUT2D eigenvalue weighted by molar-refractivity contribution is -0.151. The van der Waals surface area contributed by atoms with E-state index >= 15 is 0 Å². The van der Waals surface area contributed by atoms with Gasteiger partial charge in [0.15, 0.2) is 0 Å². The molecule has 0 amide bonds. The highest BCUT2D eigenvalue weighted by molar-refractivity contribution is 7.89. The maximum Gasteiger partial charge on any atom is 0.326 e. The molecule has 0 unspecified atom stereocenters. The molecule has 24 heavy (non-hydrogen) atoms. The summed E-state index contributed by atoms with van der Waals surface area (Å²) in [6.45, 7) is 0. The zero-order chi connectivity index (χ0) is 17.8. The number of carbonyl (C=O) groups is 2. The van der Waals surface area contributed by atoms with E-state index in [-0.39, 0.29) is 0 Å². The summed E-state index contributed by atoms with van der Waals surface area (Å²) in [5.74, 6) is -2.33. The Hall–Kier alpha value is -1.93. The van der Waals surface area contributed by atoms with Crippen LogP contribution in [0.4, 0.5) is 0 Å². The van der Waals surface area contributed by atoms with Gasteiger partial charge in [-0.25, -0.2) is 8.42 Å². The smallest absolute Gasteiger partial charge is 0.326 e. The minimum atomic E-state index is -4.00. The molecule has 0 heterocycles. The van der Waals surface area contributed by atoms with Crippen LogP contribution in [0.3, 0.4) is 0 Å². The molecule has 0 aromatic heterocycles. The predicted molar refractivity (Wildman–Crippen MR) is 86.7 cm³/mol. The number of carboxylic acids is 1. The first-order chi connectivity index (χ1) is 11.3. The van der Waals surface area contributed by atoms with Crippen LogP contribution >= 0.6 is 0 Å². The third-order valence-corrected chi connectivity index (χ3v) is 5.85. The number of ether oxygens (including phenoxy) is 1. The Morgan fingerprint density at radius 1 is 1.25 bits per heavy atom. The second kappa shape index (κ2) is 7.31. The lowest BCUT2D eigenvalue weighted by Gasteiger charge is -2.26. The first kappa shape index (κ1) is 18.4. The molecule has 1 aliphatic rings. The molecule has 1 aromatic carbocycles. The van der Waals surface area contributed by atoms with Crippen LogP contribution in [0.15, 0.2) is 30.3 Å². The summed E-state index contributed by atoms with van der Waals surface area (Å²) in [4.78, 5) is 23.5. The molecule has 1 atom stereocenters. The summed E-state index contributed by atoms with van der Waals surface area (Å²) in [6, 6.07) is 6.65. The number of carboxylic acid groups (broad SMARTS) is 1. The third kappa shape index (κ3) is 4.12. The number of aliphatic carboxylic acids is 1. The first-order valence-corrected chi connectivity index (χ1v) is 9.31. The number of sulfonamides is 1. The summed E-state index contributed by atoms with van der Waals surface area (Å²) >= 11 is 0. The summed E-state index contributed by atoms with van der Waals surface area (Å²) in [5, 5.41) is 9.35. The Labute approximate surface area is 141 Å². The molecule has 0 radical (unpaired) electrons. The largest absolute Gasteiger partial charge is 0.480 e. The van der Waals surface area contributed by atoms with Gasteiger partial charge in [0, 0.05) is 0 Å². The van der Waals surface area contributed by atoms with Gasteiger partial charge in [0.2, 0.25) is 10.0 Å². The van der Waals surface area contributed by atoms with E-state index < -0.39 is 39.2 Å². The van der Waals surface area contributed by atoms with Gasteiger partial charge in [-0.1, -0.05) is 43.2 Å². The minimum absolute atomic E-state index is 0.326. The van der Waals surface area contributed by atoms with Crippen LogP contribution in [-0.2, 0) is 24.3 Å². The number of esters is 1. The maximum absolute atomic E-state index is 12.5. The van der Waals surface area contributed by atoms with Crippen molar-refractivity contribution in [1.82, 2.24) is 4.72 Å². The zero-order valence-electron chi connectivity index (χ0n) is 13.4. The number of rotatable bonds is 7. The topological polar surface area (TPSA) is 110 Å². The number of hydrogen-bond donors (Lipinski definition) is 2. The van der Waals surface area contributed by atoms with Gasteiger partial charge >= 0.3 is 11.9 Å². The maximum atomic E-state index is 12.5. The van der Waals surface area contributed by atoms with E-state index in [2.05, 4.69) is 4.72 Å². The Bertz CT molecular complexity index is 695. The second-order valence-corrected chi connectivity index (χ2v) is 7.79. The van der Waals surface area contributed by atoms with Gasteiger partial charge in [0.1, 0.15) is 6.04 Å². The Morgan fingerprint density at radius 2 is 1.83 bits per heavy atom. The summed E-state index contributed by atoms with van der Waals surface area (Å²) < 4.78 is 32.0. The standard InChI is InChI=1S/C16H21NO6S/c1-23-15(20)16(9-5-6-10-16)11-24(21,22)17-13(14(18)19)12-7-3-2-4-8-12/h2-4,7-8,13,17H,5-6,9-11H2,1H3,(H,18,19)/t13-/m1/s1. The van der Waals surface area contributed by atoms with Crippen LogP contribution in [0.25, 0.3) is 0 Å². The van der Waals surface area contributed by atoms with Crippen LogP contribution in [0.2, 0.25) is 0 Å². The van der Waals surface area contributed by atoms with E-state index in [4.69, 9.17) is 4.74 Å². The summed E-state index contributed by atoms with van der Waals surface area (Å²) in [5.41, 5.74) is -0.771. The van der Waals surface area contributed by atoms with Gasteiger partial charge in [-0.05, 0) is 18.4 Å². The van der Waals surface area contributed by atoms with E-state index in [0.717, 1.165) is 12.8 Å². The highest BCUT2D eigenvalue weighted by atomic mass is 32.2. The molecule has 132 valence electrons. The van der Waals surface area contributed by atoms with Gasteiger partial charge < -0.3 is 9.84 Å². The first-order valence-electron chi connectivity index (χ1n) is 7.66. The molecule has 8 heteroatoms. The van der Waals surface area contributed by atoms with Crippen molar-refractivity contribution in [3.63, 3.8) is 0 Å². The van der Waals surface area contributed by atoms with Crippen LogP contribution in [0, 0.1) is 5.41 Å². The number of hydrogen-bond acceptors (Lipinski definition) is 5. The van der Waals surface area contributed by atoms with Crippen LogP contribution in [0.5, 0.6) is 0 Å². The molecular weight excluding hydrogens is 334 g/mol. The Morgan fingerprint density at radius 3 is 2.33 bits per heavy atom.